The minimum Gasteiger partial charge on any atom is -0.497 e. The lowest BCUT2D eigenvalue weighted by Gasteiger charge is -2.26. The highest BCUT2D eigenvalue weighted by Crippen LogP contribution is 2.27. The quantitative estimate of drug-likeness (QED) is 0.494. The molecule has 180 valence electrons. The minimum atomic E-state index is -0.314. The average Bonchev–Trinajstić information content (AvgIpc) is 3.21. The Labute approximate surface area is 205 Å². The van der Waals surface area contributed by atoms with Gasteiger partial charge in [-0.05, 0) is 62.4 Å². The van der Waals surface area contributed by atoms with Crippen LogP contribution in [0.1, 0.15) is 50.7 Å². The number of halogens is 1. The van der Waals surface area contributed by atoms with Gasteiger partial charge in [-0.1, -0.05) is 32.4 Å². The first-order valence-electron chi connectivity index (χ1n) is 11.1. The number of anilines is 1. The number of hydrogen-bond acceptors (Lipinski definition) is 4. The fraction of sp³-hybridized carbons (Fsp3) is 0.346. The van der Waals surface area contributed by atoms with E-state index in [4.69, 9.17) is 21.4 Å². The van der Waals surface area contributed by atoms with Gasteiger partial charge in [0.2, 0.25) is 5.91 Å². The van der Waals surface area contributed by atoms with Crippen molar-refractivity contribution in [3.8, 4) is 11.4 Å². The van der Waals surface area contributed by atoms with Crippen LogP contribution in [-0.4, -0.2) is 46.2 Å². The van der Waals surface area contributed by atoms with E-state index >= 15 is 0 Å². The molecule has 0 spiro atoms. The first-order chi connectivity index (χ1) is 16.0. The fourth-order valence-corrected chi connectivity index (χ4v) is 3.47. The van der Waals surface area contributed by atoms with Gasteiger partial charge in [0.05, 0.1) is 18.5 Å². The summed E-state index contributed by atoms with van der Waals surface area (Å²) in [5, 5.41) is 8.27. The highest BCUT2D eigenvalue weighted by atomic mass is 35.5. The maximum absolute atomic E-state index is 13.1. The van der Waals surface area contributed by atoms with Crippen molar-refractivity contribution in [3.63, 3.8) is 0 Å². The van der Waals surface area contributed by atoms with Crippen LogP contribution in [0.15, 0.2) is 54.6 Å². The van der Waals surface area contributed by atoms with Crippen LogP contribution in [0.5, 0.6) is 5.75 Å². The standard InChI is InChI=1S/C26H31ClN4O3/c1-17(2)30(25(33)18-7-13-21(34-6)14-8-18)16-24(32)28-23-15-22(26(3,4)5)29-31(23)20-11-9-19(27)10-12-20/h7-15,17H,16H2,1-6H3,(H,28,32). The number of amides is 2. The van der Waals surface area contributed by atoms with E-state index in [-0.39, 0.29) is 29.8 Å². The lowest BCUT2D eigenvalue weighted by atomic mass is 9.92. The van der Waals surface area contributed by atoms with Gasteiger partial charge in [-0.2, -0.15) is 5.10 Å². The summed E-state index contributed by atoms with van der Waals surface area (Å²) in [5.41, 5.74) is 1.87. The first kappa shape index (κ1) is 25.3. The molecule has 0 saturated carbocycles. The number of methoxy groups -OCH3 is 1. The summed E-state index contributed by atoms with van der Waals surface area (Å²) in [7, 11) is 1.57. The molecule has 0 aliphatic carbocycles. The zero-order valence-electron chi connectivity index (χ0n) is 20.4. The van der Waals surface area contributed by atoms with Gasteiger partial charge in [-0.3, -0.25) is 9.59 Å². The number of benzene rings is 2. The van der Waals surface area contributed by atoms with Crippen LogP contribution >= 0.6 is 11.6 Å². The molecule has 0 fully saturated rings. The van der Waals surface area contributed by atoms with Crippen molar-refractivity contribution in [2.24, 2.45) is 0 Å². The summed E-state index contributed by atoms with van der Waals surface area (Å²) < 4.78 is 6.84. The van der Waals surface area contributed by atoms with Gasteiger partial charge in [0, 0.05) is 28.1 Å². The van der Waals surface area contributed by atoms with Gasteiger partial charge in [-0.25, -0.2) is 4.68 Å². The summed E-state index contributed by atoms with van der Waals surface area (Å²) in [6.45, 7) is 9.83. The molecule has 0 aliphatic heterocycles. The maximum atomic E-state index is 13.1. The number of nitrogens with one attached hydrogen (secondary N) is 1. The zero-order valence-corrected chi connectivity index (χ0v) is 21.2. The Hall–Kier alpha value is -3.32. The van der Waals surface area contributed by atoms with Crippen LogP contribution in [0.25, 0.3) is 5.69 Å². The second-order valence-electron chi connectivity index (χ2n) is 9.36. The Balaban J connectivity index is 1.84. The number of ether oxygens (including phenoxy) is 1. The number of nitrogens with zero attached hydrogens (tertiary/aromatic N) is 3. The summed E-state index contributed by atoms with van der Waals surface area (Å²) in [6, 6.07) is 15.7. The Kier molecular flexibility index (Phi) is 7.67. The smallest absolute Gasteiger partial charge is 0.254 e. The highest BCUT2D eigenvalue weighted by Gasteiger charge is 2.25. The molecule has 3 aromatic rings. The van der Waals surface area contributed by atoms with E-state index in [9.17, 15) is 9.59 Å². The highest BCUT2D eigenvalue weighted by molar-refractivity contribution is 6.30. The largest absolute Gasteiger partial charge is 0.497 e. The topological polar surface area (TPSA) is 76.5 Å². The molecule has 3 rings (SSSR count). The summed E-state index contributed by atoms with van der Waals surface area (Å²) in [5.74, 6) is 0.647. The normalized spacial score (nSPS) is 11.4. The Morgan fingerprint density at radius 3 is 2.24 bits per heavy atom. The van der Waals surface area contributed by atoms with Crippen molar-refractivity contribution in [3.05, 3.63) is 70.9 Å². The molecular weight excluding hydrogens is 452 g/mol. The van der Waals surface area contributed by atoms with E-state index in [1.165, 1.54) is 4.90 Å². The third-order valence-corrected chi connectivity index (χ3v) is 5.60. The number of aromatic nitrogens is 2. The third kappa shape index (κ3) is 5.97. The van der Waals surface area contributed by atoms with E-state index in [1.807, 2.05) is 32.0 Å². The maximum Gasteiger partial charge on any atom is 0.254 e. The van der Waals surface area contributed by atoms with Crippen molar-refractivity contribution in [2.45, 2.75) is 46.1 Å². The second kappa shape index (κ2) is 10.3. The minimum absolute atomic E-state index is 0.0980. The Morgan fingerprint density at radius 2 is 1.71 bits per heavy atom. The molecule has 1 aromatic heterocycles. The lowest BCUT2D eigenvalue weighted by molar-refractivity contribution is -0.117. The average molecular weight is 483 g/mol. The van der Waals surface area contributed by atoms with Crippen molar-refractivity contribution in [1.29, 1.82) is 0 Å². The van der Waals surface area contributed by atoms with Gasteiger partial charge in [0.1, 0.15) is 18.1 Å². The number of rotatable bonds is 7. The summed E-state index contributed by atoms with van der Waals surface area (Å²) in [6.07, 6.45) is 0. The van der Waals surface area contributed by atoms with E-state index in [0.29, 0.717) is 22.2 Å². The molecule has 2 amide bonds. The fourth-order valence-electron chi connectivity index (χ4n) is 3.34. The van der Waals surface area contributed by atoms with Crippen LogP contribution in [-0.2, 0) is 10.2 Å². The molecule has 0 unspecified atom stereocenters. The SMILES string of the molecule is COc1ccc(C(=O)N(CC(=O)Nc2cc(C(C)(C)C)nn2-c2ccc(Cl)cc2)C(C)C)cc1. The molecule has 0 radical (unpaired) electrons. The van der Waals surface area contributed by atoms with Crippen LogP contribution in [0.2, 0.25) is 5.02 Å². The van der Waals surface area contributed by atoms with Crippen LogP contribution in [0.3, 0.4) is 0 Å². The third-order valence-electron chi connectivity index (χ3n) is 5.35. The molecule has 2 aromatic carbocycles. The summed E-state index contributed by atoms with van der Waals surface area (Å²) in [4.78, 5) is 27.7. The molecule has 0 aliphatic rings. The number of carbonyl (C=O) groups excluding carboxylic acids is 2. The molecule has 7 nitrogen and oxygen atoms in total. The monoisotopic (exact) mass is 482 g/mol. The first-order valence-corrected chi connectivity index (χ1v) is 11.5. The molecular formula is C26H31ClN4O3. The van der Waals surface area contributed by atoms with E-state index in [2.05, 4.69) is 26.1 Å². The molecule has 1 heterocycles. The van der Waals surface area contributed by atoms with E-state index < -0.39 is 0 Å². The second-order valence-corrected chi connectivity index (χ2v) is 9.79. The van der Waals surface area contributed by atoms with Gasteiger partial charge in [0.25, 0.3) is 5.91 Å². The van der Waals surface area contributed by atoms with Gasteiger partial charge in [0.15, 0.2) is 0 Å². The van der Waals surface area contributed by atoms with Crippen molar-refractivity contribution < 1.29 is 14.3 Å². The van der Waals surface area contributed by atoms with Crippen LogP contribution in [0.4, 0.5) is 5.82 Å². The Morgan fingerprint density at radius 1 is 1.09 bits per heavy atom. The molecule has 0 saturated heterocycles. The predicted octanol–water partition coefficient (Wildman–Crippen LogP) is 5.32. The number of carbonyl (C=O) groups is 2. The van der Waals surface area contributed by atoms with Gasteiger partial charge in [-0.15, -0.1) is 0 Å². The molecule has 34 heavy (non-hydrogen) atoms. The van der Waals surface area contributed by atoms with Crippen LogP contribution in [0, 0.1) is 0 Å². The van der Waals surface area contributed by atoms with Crippen LogP contribution < -0.4 is 10.1 Å². The van der Waals surface area contributed by atoms with E-state index in [1.54, 1.807) is 48.2 Å². The van der Waals surface area contributed by atoms with E-state index in [0.717, 1.165) is 11.4 Å². The van der Waals surface area contributed by atoms with Gasteiger partial charge >= 0.3 is 0 Å². The molecule has 1 N–H and O–H groups in total. The van der Waals surface area contributed by atoms with Gasteiger partial charge < -0.3 is 15.0 Å². The Bertz CT molecular complexity index is 1150. The number of hydrogen-bond donors (Lipinski definition) is 1. The predicted molar refractivity (Wildman–Crippen MR) is 135 cm³/mol. The lowest BCUT2D eigenvalue weighted by Crippen LogP contribution is -2.42. The molecule has 0 bridgehead atoms. The zero-order chi connectivity index (χ0) is 25.0. The molecule has 0 atom stereocenters. The molecule has 8 heteroatoms. The summed E-state index contributed by atoms with van der Waals surface area (Å²) >= 11 is 6.04. The van der Waals surface area contributed by atoms with Crippen molar-refractivity contribution in [2.75, 3.05) is 19.0 Å². The van der Waals surface area contributed by atoms with Crippen molar-refractivity contribution in [1.82, 2.24) is 14.7 Å². The van der Waals surface area contributed by atoms with Crippen molar-refractivity contribution >= 4 is 29.2 Å².